The van der Waals surface area contributed by atoms with Crippen molar-refractivity contribution in [3.8, 4) is 0 Å². The highest BCUT2D eigenvalue weighted by Gasteiger charge is 2.23. The number of hydrogen-bond donors (Lipinski definition) is 1. The summed E-state index contributed by atoms with van der Waals surface area (Å²) in [5.41, 5.74) is 0.735. The molecule has 4 heteroatoms. The molecule has 0 bridgehead atoms. The normalized spacial score (nSPS) is 11.4. The van der Waals surface area contributed by atoms with Gasteiger partial charge in [0.05, 0.1) is 5.60 Å². The summed E-state index contributed by atoms with van der Waals surface area (Å²) in [4.78, 5) is 14.1. The molecule has 0 aromatic heterocycles. The third-order valence-corrected chi connectivity index (χ3v) is 3.17. The lowest BCUT2D eigenvalue weighted by molar-refractivity contribution is 0.0314. The number of amides is 1. The topological polar surface area (TPSA) is 40.5 Å². The first-order valence-corrected chi connectivity index (χ1v) is 6.81. The van der Waals surface area contributed by atoms with Crippen LogP contribution in [0.15, 0.2) is 22.7 Å². The SMILES string of the molecule is CCN(CC(C)(C)O)C(=O)c1cc(Br)ccc1C. The van der Waals surface area contributed by atoms with Crippen LogP contribution in [0.2, 0.25) is 0 Å². The highest BCUT2D eigenvalue weighted by molar-refractivity contribution is 9.10. The first-order valence-electron chi connectivity index (χ1n) is 6.02. The maximum absolute atomic E-state index is 12.4. The van der Waals surface area contributed by atoms with Crippen molar-refractivity contribution in [2.75, 3.05) is 13.1 Å². The van der Waals surface area contributed by atoms with Gasteiger partial charge in [-0.2, -0.15) is 0 Å². The number of rotatable bonds is 4. The summed E-state index contributed by atoms with van der Waals surface area (Å²) in [7, 11) is 0. The Morgan fingerprint density at radius 1 is 1.44 bits per heavy atom. The number of benzene rings is 1. The summed E-state index contributed by atoms with van der Waals surface area (Å²) in [6.07, 6.45) is 0. The Bertz CT molecular complexity index is 438. The van der Waals surface area contributed by atoms with Crippen molar-refractivity contribution in [2.45, 2.75) is 33.3 Å². The fourth-order valence-electron chi connectivity index (χ4n) is 1.79. The van der Waals surface area contributed by atoms with Gasteiger partial charge in [0.25, 0.3) is 5.91 Å². The lowest BCUT2D eigenvalue weighted by Gasteiger charge is -2.28. The van der Waals surface area contributed by atoms with Crippen LogP contribution in [0.3, 0.4) is 0 Å². The lowest BCUT2D eigenvalue weighted by Crippen LogP contribution is -2.42. The van der Waals surface area contributed by atoms with Crippen molar-refractivity contribution >= 4 is 21.8 Å². The fraction of sp³-hybridized carbons (Fsp3) is 0.500. The quantitative estimate of drug-likeness (QED) is 0.928. The summed E-state index contributed by atoms with van der Waals surface area (Å²) < 4.78 is 0.885. The third kappa shape index (κ3) is 4.10. The molecule has 0 radical (unpaired) electrons. The second-order valence-electron chi connectivity index (χ2n) is 5.09. The summed E-state index contributed by atoms with van der Waals surface area (Å²) in [6.45, 7) is 8.14. The van der Waals surface area contributed by atoms with Crippen molar-refractivity contribution in [2.24, 2.45) is 0 Å². The van der Waals surface area contributed by atoms with Crippen molar-refractivity contribution in [1.82, 2.24) is 4.90 Å². The summed E-state index contributed by atoms with van der Waals surface area (Å²) in [6, 6.07) is 5.65. The van der Waals surface area contributed by atoms with Crippen LogP contribution in [0.4, 0.5) is 0 Å². The Hall–Kier alpha value is -0.870. The highest BCUT2D eigenvalue weighted by atomic mass is 79.9. The van der Waals surface area contributed by atoms with Crippen LogP contribution in [0.1, 0.15) is 36.7 Å². The van der Waals surface area contributed by atoms with E-state index in [-0.39, 0.29) is 5.91 Å². The molecule has 0 spiro atoms. The average Bonchev–Trinajstić information content (AvgIpc) is 2.27. The molecule has 0 fully saturated rings. The van der Waals surface area contributed by atoms with Gasteiger partial charge in [-0.25, -0.2) is 0 Å². The van der Waals surface area contributed by atoms with Crippen molar-refractivity contribution < 1.29 is 9.90 Å². The van der Waals surface area contributed by atoms with E-state index in [1.54, 1.807) is 18.7 Å². The first kappa shape index (κ1) is 15.2. The molecule has 1 N–H and O–H groups in total. The largest absolute Gasteiger partial charge is 0.389 e. The molecule has 0 unspecified atom stereocenters. The summed E-state index contributed by atoms with van der Waals surface area (Å²) in [5, 5.41) is 9.84. The van der Waals surface area contributed by atoms with Gasteiger partial charge in [0.1, 0.15) is 0 Å². The number of carbonyl (C=O) groups is 1. The van der Waals surface area contributed by atoms with Gasteiger partial charge in [0, 0.05) is 23.1 Å². The molecule has 3 nitrogen and oxygen atoms in total. The van der Waals surface area contributed by atoms with Gasteiger partial charge in [-0.1, -0.05) is 22.0 Å². The van der Waals surface area contributed by atoms with Crippen LogP contribution in [-0.2, 0) is 0 Å². The number of nitrogens with zero attached hydrogens (tertiary/aromatic N) is 1. The molecule has 1 amide bonds. The molecule has 0 saturated heterocycles. The van der Waals surface area contributed by atoms with E-state index in [1.807, 2.05) is 32.0 Å². The van der Waals surface area contributed by atoms with Crippen LogP contribution < -0.4 is 0 Å². The average molecular weight is 314 g/mol. The fourth-order valence-corrected chi connectivity index (χ4v) is 2.15. The number of likely N-dealkylation sites (N-methyl/N-ethyl adjacent to an activating group) is 1. The lowest BCUT2D eigenvalue weighted by atomic mass is 10.1. The molecule has 0 heterocycles. The molecule has 1 aromatic rings. The van der Waals surface area contributed by atoms with Crippen LogP contribution in [0.5, 0.6) is 0 Å². The van der Waals surface area contributed by atoms with Crippen LogP contribution in [-0.4, -0.2) is 34.6 Å². The second kappa shape index (κ2) is 5.85. The monoisotopic (exact) mass is 313 g/mol. The molecule has 18 heavy (non-hydrogen) atoms. The smallest absolute Gasteiger partial charge is 0.254 e. The number of halogens is 1. The minimum Gasteiger partial charge on any atom is -0.389 e. The van der Waals surface area contributed by atoms with Gasteiger partial charge in [-0.15, -0.1) is 0 Å². The zero-order valence-corrected chi connectivity index (χ0v) is 12.9. The third-order valence-electron chi connectivity index (χ3n) is 2.68. The Kier molecular flexibility index (Phi) is 4.93. The van der Waals surface area contributed by atoms with E-state index in [2.05, 4.69) is 15.9 Å². The van der Waals surface area contributed by atoms with Gasteiger partial charge >= 0.3 is 0 Å². The van der Waals surface area contributed by atoms with Crippen LogP contribution in [0.25, 0.3) is 0 Å². The number of hydrogen-bond acceptors (Lipinski definition) is 2. The Morgan fingerprint density at radius 2 is 2.06 bits per heavy atom. The molecule has 100 valence electrons. The van der Waals surface area contributed by atoms with E-state index >= 15 is 0 Å². The van der Waals surface area contributed by atoms with Gasteiger partial charge in [-0.05, 0) is 45.4 Å². The first-order chi connectivity index (χ1) is 8.24. The summed E-state index contributed by atoms with van der Waals surface area (Å²) >= 11 is 3.38. The predicted molar refractivity (Wildman–Crippen MR) is 76.8 cm³/mol. The molecule has 0 atom stereocenters. The molecule has 1 rings (SSSR count). The molecule has 0 saturated carbocycles. The Labute approximate surface area is 117 Å². The van der Waals surface area contributed by atoms with Crippen LogP contribution >= 0.6 is 15.9 Å². The van der Waals surface area contributed by atoms with E-state index < -0.39 is 5.60 Å². The van der Waals surface area contributed by atoms with E-state index in [9.17, 15) is 9.90 Å². The van der Waals surface area contributed by atoms with Crippen molar-refractivity contribution in [3.63, 3.8) is 0 Å². The Morgan fingerprint density at radius 3 is 2.56 bits per heavy atom. The van der Waals surface area contributed by atoms with E-state index in [0.29, 0.717) is 18.7 Å². The summed E-state index contributed by atoms with van der Waals surface area (Å²) in [5.74, 6) is -0.0431. The molecular weight excluding hydrogens is 294 g/mol. The zero-order valence-electron chi connectivity index (χ0n) is 11.3. The molecular formula is C14H20BrNO2. The van der Waals surface area contributed by atoms with Gasteiger partial charge in [-0.3, -0.25) is 4.79 Å². The van der Waals surface area contributed by atoms with Gasteiger partial charge in [0.15, 0.2) is 0 Å². The Balaban J connectivity index is 3.00. The molecule has 1 aromatic carbocycles. The van der Waals surface area contributed by atoms with E-state index in [1.165, 1.54) is 0 Å². The zero-order chi connectivity index (χ0) is 13.9. The van der Waals surface area contributed by atoms with Gasteiger partial charge < -0.3 is 10.0 Å². The minimum atomic E-state index is -0.883. The molecule has 0 aliphatic heterocycles. The van der Waals surface area contributed by atoms with E-state index in [4.69, 9.17) is 0 Å². The highest BCUT2D eigenvalue weighted by Crippen LogP contribution is 2.18. The number of aliphatic hydroxyl groups is 1. The minimum absolute atomic E-state index is 0.0431. The van der Waals surface area contributed by atoms with E-state index in [0.717, 1.165) is 10.0 Å². The standard InChI is InChI=1S/C14H20BrNO2/c1-5-16(9-14(3,4)18)13(17)12-8-11(15)7-6-10(12)2/h6-8,18H,5,9H2,1-4H3. The van der Waals surface area contributed by atoms with Crippen LogP contribution in [0, 0.1) is 6.92 Å². The molecule has 0 aliphatic rings. The number of carbonyl (C=O) groups excluding carboxylic acids is 1. The maximum Gasteiger partial charge on any atom is 0.254 e. The number of aryl methyl sites for hydroxylation is 1. The predicted octanol–water partition coefficient (Wildman–Crippen LogP) is 2.99. The van der Waals surface area contributed by atoms with Crippen molar-refractivity contribution in [3.05, 3.63) is 33.8 Å². The second-order valence-corrected chi connectivity index (χ2v) is 6.01. The maximum atomic E-state index is 12.4. The van der Waals surface area contributed by atoms with Gasteiger partial charge in [0.2, 0.25) is 0 Å². The van der Waals surface area contributed by atoms with Crippen molar-refractivity contribution in [1.29, 1.82) is 0 Å². The molecule has 0 aliphatic carbocycles.